The molecule has 0 atom stereocenters. The summed E-state index contributed by atoms with van der Waals surface area (Å²) < 4.78 is 0. The molecule has 1 aromatic heterocycles. The highest BCUT2D eigenvalue weighted by Crippen LogP contribution is 2.31. The summed E-state index contributed by atoms with van der Waals surface area (Å²) in [5, 5.41) is 9.97. The van der Waals surface area contributed by atoms with Crippen LogP contribution in [0.2, 0.25) is 0 Å². The van der Waals surface area contributed by atoms with Crippen molar-refractivity contribution in [3.05, 3.63) is 65.3 Å². The Morgan fingerprint density at radius 2 is 2.00 bits per heavy atom. The topological polar surface area (TPSA) is 36.4 Å². The average molecular weight is 282 g/mol. The summed E-state index contributed by atoms with van der Waals surface area (Å²) in [4.78, 5) is 6.13. The Hall–Kier alpha value is -2.29. The van der Waals surface area contributed by atoms with E-state index in [9.17, 15) is 5.11 Å². The van der Waals surface area contributed by atoms with Crippen molar-refractivity contribution in [2.45, 2.75) is 34.1 Å². The summed E-state index contributed by atoms with van der Waals surface area (Å²) in [6.45, 7) is 8.44. The van der Waals surface area contributed by atoms with Crippen LogP contribution in [0.3, 0.4) is 0 Å². The molecule has 0 amide bonds. The molecule has 1 N–H and O–H groups in total. The van der Waals surface area contributed by atoms with Crippen LogP contribution < -0.4 is 0 Å². The van der Waals surface area contributed by atoms with Gasteiger partial charge >= 0.3 is 0 Å². The lowest BCUT2D eigenvalue weighted by Gasteiger charge is -2.28. The summed E-state index contributed by atoms with van der Waals surface area (Å²) in [7, 11) is 0. The molecule has 3 nitrogen and oxygen atoms in total. The van der Waals surface area contributed by atoms with Crippen molar-refractivity contribution < 1.29 is 5.11 Å². The predicted molar refractivity (Wildman–Crippen MR) is 87.3 cm³/mol. The van der Waals surface area contributed by atoms with E-state index in [1.54, 1.807) is 6.20 Å². The summed E-state index contributed by atoms with van der Waals surface area (Å²) in [6.07, 6.45) is 10.8. The van der Waals surface area contributed by atoms with E-state index in [1.165, 1.54) is 11.3 Å². The van der Waals surface area contributed by atoms with Gasteiger partial charge in [0.05, 0.1) is 0 Å². The van der Waals surface area contributed by atoms with E-state index in [0.717, 1.165) is 23.3 Å². The van der Waals surface area contributed by atoms with E-state index in [1.807, 2.05) is 31.2 Å². The van der Waals surface area contributed by atoms with Gasteiger partial charge in [-0.2, -0.15) is 0 Å². The number of hydrogen-bond acceptors (Lipinski definition) is 3. The van der Waals surface area contributed by atoms with Crippen LogP contribution in [0.4, 0.5) is 0 Å². The van der Waals surface area contributed by atoms with E-state index in [2.05, 4.69) is 42.9 Å². The first-order valence-corrected chi connectivity index (χ1v) is 7.22. The van der Waals surface area contributed by atoms with Crippen LogP contribution in [0.5, 0.6) is 5.88 Å². The Balaban J connectivity index is 2.54. The normalized spacial score (nSPS) is 17.8. The molecule has 3 heteroatoms. The molecule has 0 saturated heterocycles. The molecule has 0 unspecified atom stereocenters. The second-order valence-electron chi connectivity index (χ2n) is 5.17. The van der Waals surface area contributed by atoms with Crippen LogP contribution in [0.1, 0.15) is 39.7 Å². The van der Waals surface area contributed by atoms with Crippen molar-refractivity contribution in [2.24, 2.45) is 0 Å². The molecule has 1 aliphatic rings. The van der Waals surface area contributed by atoms with Gasteiger partial charge in [-0.3, -0.25) is 0 Å². The summed E-state index contributed by atoms with van der Waals surface area (Å²) in [5.41, 5.74) is 5.39. The average Bonchev–Trinajstić information content (AvgIpc) is 2.53. The molecule has 21 heavy (non-hydrogen) atoms. The van der Waals surface area contributed by atoms with Crippen LogP contribution in [0.25, 0.3) is 5.57 Å². The van der Waals surface area contributed by atoms with Gasteiger partial charge in [0.2, 0.25) is 5.88 Å². The number of pyridine rings is 1. The quantitative estimate of drug-likeness (QED) is 0.879. The van der Waals surface area contributed by atoms with Crippen LogP contribution in [0, 0.1) is 0 Å². The zero-order valence-corrected chi connectivity index (χ0v) is 13.1. The maximum Gasteiger partial charge on any atom is 0.218 e. The smallest absolute Gasteiger partial charge is 0.218 e. The lowest BCUT2D eigenvalue weighted by atomic mass is 10.0. The molecule has 0 aliphatic carbocycles. The minimum atomic E-state index is 0.0687. The highest BCUT2D eigenvalue weighted by molar-refractivity contribution is 5.72. The Bertz CT molecular complexity index is 651. The molecule has 0 radical (unpaired) electrons. The molecule has 110 valence electrons. The number of aromatic nitrogens is 1. The van der Waals surface area contributed by atoms with E-state index in [4.69, 9.17) is 0 Å². The van der Waals surface area contributed by atoms with Crippen molar-refractivity contribution in [2.75, 3.05) is 0 Å². The minimum absolute atomic E-state index is 0.0687. The fourth-order valence-corrected chi connectivity index (χ4v) is 2.33. The highest BCUT2D eigenvalue weighted by atomic mass is 16.3. The first-order valence-electron chi connectivity index (χ1n) is 7.22. The van der Waals surface area contributed by atoms with Gasteiger partial charge in [-0.15, -0.1) is 0 Å². The van der Waals surface area contributed by atoms with Gasteiger partial charge < -0.3 is 10.0 Å². The molecule has 0 saturated carbocycles. The summed E-state index contributed by atoms with van der Waals surface area (Å²) >= 11 is 0. The zero-order chi connectivity index (χ0) is 15.4. The molecule has 0 bridgehead atoms. The second-order valence-corrected chi connectivity index (χ2v) is 5.17. The fraction of sp³-hybridized carbons (Fsp3) is 0.278. The monoisotopic (exact) mass is 282 g/mol. The van der Waals surface area contributed by atoms with E-state index < -0.39 is 0 Å². The number of aromatic hydroxyl groups is 1. The minimum Gasteiger partial charge on any atom is -0.493 e. The van der Waals surface area contributed by atoms with E-state index in [0.29, 0.717) is 0 Å². The van der Waals surface area contributed by atoms with Crippen molar-refractivity contribution in [1.29, 1.82) is 0 Å². The van der Waals surface area contributed by atoms with Crippen molar-refractivity contribution in [3.63, 3.8) is 0 Å². The van der Waals surface area contributed by atoms with Crippen LogP contribution in [0.15, 0.2) is 59.7 Å². The second kappa shape index (κ2) is 6.44. The summed E-state index contributed by atoms with van der Waals surface area (Å²) in [5.74, 6) is 0.0687. The largest absolute Gasteiger partial charge is 0.493 e. The third-order valence-corrected chi connectivity index (χ3v) is 3.94. The molecule has 2 rings (SSSR count). The SMILES string of the molecule is CC/C(C)=C(\C)N1C=CC=C/C1=C(/C)c1cccnc1O. The van der Waals surface area contributed by atoms with Crippen molar-refractivity contribution in [3.8, 4) is 5.88 Å². The molecule has 2 heterocycles. The third-order valence-electron chi connectivity index (χ3n) is 3.94. The lowest BCUT2D eigenvalue weighted by Crippen LogP contribution is -2.17. The molecule has 0 spiro atoms. The first kappa shape index (κ1) is 15.1. The number of nitrogens with zero attached hydrogens (tertiary/aromatic N) is 2. The van der Waals surface area contributed by atoms with E-state index in [-0.39, 0.29) is 5.88 Å². The third kappa shape index (κ3) is 3.07. The van der Waals surface area contributed by atoms with Gasteiger partial charge in [-0.25, -0.2) is 4.98 Å². The number of allylic oxidation sites excluding steroid dienone is 6. The molecular weight excluding hydrogens is 260 g/mol. The molecule has 1 aliphatic heterocycles. The van der Waals surface area contributed by atoms with Crippen LogP contribution in [-0.4, -0.2) is 15.0 Å². The van der Waals surface area contributed by atoms with Gasteiger partial charge in [-0.1, -0.05) is 18.6 Å². The van der Waals surface area contributed by atoms with Crippen LogP contribution >= 0.6 is 0 Å². The Kier molecular flexibility index (Phi) is 4.63. The number of hydrogen-bond donors (Lipinski definition) is 1. The van der Waals surface area contributed by atoms with E-state index >= 15 is 0 Å². The van der Waals surface area contributed by atoms with Gasteiger partial charge in [0.15, 0.2) is 0 Å². The zero-order valence-electron chi connectivity index (χ0n) is 13.1. The maximum atomic E-state index is 9.97. The number of rotatable bonds is 3. The van der Waals surface area contributed by atoms with Crippen molar-refractivity contribution >= 4 is 5.57 Å². The van der Waals surface area contributed by atoms with Gasteiger partial charge in [0.25, 0.3) is 0 Å². The van der Waals surface area contributed by atoms with Gasteiger partial charge in [0, 0.05) is 29.4 Å². The van der Waals surface area contributed by atoms with Gasteiger partial charge in [-0.05, 0) is 57.0 Å². The first-order chi connectivity index (χ1) is 10.1. The standard InChI is InChI=1S/C18H22N2O/c1-5-13(2)15(4)20-12-7-6-10-17(20)14(3)16-9-8-11-19-18(16)21/h6-12H,5H2,1-4H3,(H,19,21)/b15-13+,17-14+. The molecular formula is C18H22N2O. The lowest BCUT2D eigenvalue weighted by molar-refractivity contribution is 0.451. The van der Waals surface area contributed by atoms with Gasteiger partial charge in [0.1, 0.15) is 0 Å². The Morgan fingerprint density at radius 3 is 2.67 bits per heavy atom. The molecule has 0 aromatic carbocycles. The van der Waals surface area contributed by atoms with Crippen LogP contribution in [-0.2, 0) is 0 Å². The summed E-state index contributed by atoms with van der Waals surface area (Å²) in [6, 6.07) is 3.73. The Labute approximate surface area is 126 Å². The van der Waals surface area contributed by atoms with Crippen molar-refractivity contribution in [1.82, 2.24) is 9.88 Å². The fourth-order valence-electron chi connectivity index (χ4n) is 2.33. The molecule has 0 fully saturated rings. The Morgan fingerprint density at radius 1 is 1.24 bits per heavy atom. The predicted octanol–water partition coefficient (Wildman–Crippen LogP) is 4.61. The highest BCUT2D eigenvalue weighted by Gasteiger charge is 2.16. The molecule has 1 aromatic rings. The maximum absolute atomic E-state index is 9.97.